The quantitative estimate of drug-likeness (QED) is 0.752. The third-order valence-electron chi connectivity index (χ3n) is 3.98. The Kier molecular flexibility index (Phi) is 6.36. The maximum absolute atomic E-state index is 13.3. The van der Waals surface area contributed by atoms with Crippen molar-refractivity contribution in [3.05, 3.63) is 65.0 Å². The molecule has 134 valence electrons. The molecule has 0 aliphatic rings. The molecule has 0 aromatic heterocycles. The predicted molar refractivity (Wildman–Crippen MR) is 93.7 cm³/mol. The molecule has 0 radical (unpaired) electrons. The molecule has 0 heterocycles. The lowest BCUT2D eigenvalue weighted by Gasteiger charge is -2.24. The number of phenols is 1. The van der Waals surface area contributed by atoms with Gasteiger partial charge in [-0.1, -0.05) is 35.9 Å². The molecule has 0 saturated heterocycles. The van der Waals surface area contributed by atoms with Gasteiger partial charge in [-0.2, -0.15) is 0 Å². The first-order valence-corrected chi connectivity index (χ1v) is 8.15. The van der Waals surface area contributed by atoms with Crippen molar-refractivity contribution >= 4 is 6.03 Å². The minimum Gasteiger partial charge on any atom is -0.505 e. The molecule has 1 unspecified atom stereocenters. The number of benzene rings is 2. The number of aryl methyl sites for hydroxylation is 1. The zero-order chi connectivity index (χ0) is 18.4. The average molecular weight is 346 g/mol. The number of rotatable bonds is 6. The maximum Gasteiger partial charge on any atom is 0.317 e. The van der Waals surface area contributed by atoms with E-state index in [-0.39, 0.29) is 19.1 Å². The zero-order valence-electron chi connectivity index (χ0n) is 14.4. The first-order chi connectivity index (χ1) is 11.9. The Hall–Kier alpha value is -2.60. The van der Waals surface area contributed by atoms with Crippen LogP contribution in [0, 0.1) is 12.7 Å². The third kappa shape index (κ3) is 5.19. The topological polar surface area (TPSA) is 72.8 Å². The van der Waals surface area contributed by atoms with Gasteiger partial charge in [-0.05, 0) is 37.1 Å². The molecule has 0 aliphatic heterocycles. The molecular weight excluding hydrogens is 323 g/mol. The summed E-state index contributed by atoms with van der Waals surface area (Å²) >= 11 is 0. The smallest absolute Gasteiger partial charge is 0.317 e. The van der Waals surface area contributed by atoms with Crippen molar-refractivity contribution in [2.24, 2.45) is 0 Å². The van der Waals surface area contributed by atoms with Crippen LogP contribution in [-0.4, -0.2) is 34.2 Å². The molecule has 0 fully saturated rings. The number of carbonyl (C=O) groups is 1. The van der Waals surface area contributed by atoms with Crippen molar-refractivity contribution in [3.8, 4) is 5.75 Å². The summed E-state index contributed by atoms with van der Waals surface area (Å²) in [6.07, 6.45) is -0.780. The summed E-state index contributed by atoms with van der Waals surface area (Å²) in [7, 11) is 0. The lowest BCUT2D eigenvalue weighted by molar-refractivity contribution is 0.123. The second kappa shape index (κ2) is 8.48. The van der Waals surface area contributed by atoms with E-state index >= 15 is 0 Å². The van der Waals surface area contributed by atoms with E-state index in [1.54, 1.807) is 0 Å². The van der Waals surface area contributed by atoms with Crippen molar-refractivity contribution in [1.82, 2.24) is 10.2 Å². The van der Waals surface area contributed by atoms with Crippen LogP contribution in [0.3, 0.4) is 0 Å². The second-order valence-electron chi connectivity index (χ2n) is 5.91. The maximum atomic E-state index is 13.3. The number of hydrogen-bond acceptors (Lipinski definition) is 3. The molecule has 5 nitrogen and oxygen atoms in total. The molecular formula is C19H23FN2O3. The Morgan fingerprint density at radius 1 is 1.24 bits per heavy atom. The summed E-state index contributed by atoms with van der Waals surface area (Å²) in [6, 6.07) is 11.1. The molecule has 0 aliphatic carbocycles. The minimum atomic E-state index is -0.780. The van der Waals surface area contributed by atoms with Gasteiger partial charge in [-0.25, -0.2) is 9.18 Å². The Labute approximate surface area is 146 Å². The molecule has 2 amide bonds. The van der Waals surface area contributed by atoms with E-state index in [0.29, 0.717) is 12.1 Å². The van der Waals surface area contributed by atoms with Crippen LogP contribution in [0.2, 0.25) is 0 Å². The molecule has 0 bridgehead atoms. The summed E-state index contributed by atoms with van der Waals surface area (Å²) in [5, 5.41) is 22.2. The first kappa shape index (κ1) is 18.7. The van der Waals surface area contributed by atoms with Crippen LogP contribution in [0.5, 0.6) is 5.75 Å². The molecule has 0 spiro atoms. The van der Waals surface area contributed by atoms with Gasteiger partial charge in [0, 0.05) is 13.1 Å². The van der Waals surface area contributed by atoms with E-state index in [2.05, 4.69) is 5.32 Å². The fourth-order valence-electron chi connectivity index (χ4n) is 2.41. The van der Waals surface area contributed by atoms with Crippen molar-refractivity contribution in [1.29, 1.82) is 0 Å². The van der Waals surface area contributed by atoms with Crippen LogP contribution in [0.15, 0.2) is 42.5 Å². The number of amides is 2. The van der Waals surface area contributed by atoms with Gasteiger partial charge in [0.05, 0.1) is 12.6 Å². The highest BCUT2D eigenvalue weighted by Gasteiger charge is 2.17. The van der Waals surface area contributed by atoms with E-state index in [1.165, 1.54) is 23.1 Å². The van der Waals surface area contributed by atoms with Crippen molar-refractivity contribution in [2.45, 2.75) is 26.5 Å². The molecule has 3 N–H and O–H groups in total. The van der Waals surface area contributed by atoms with E-state index in [4.69, 9.17) is 0 Å². The van der Waals surface area contributed by atoms with E-state index in [0.717, 1.165) is 11.1 Å². The Balaban J connectivity index is 1.93. The highest BCUT2D eigenvalue weighted by molar-refractivity contribution is 5.74. The third-order valence-corrected chi connectivity index (χ3v) is 3.98. The average Bonchev–Trinajstić information content (AvgIpc) is 2.60. The summed E-state index contributed by atoms with van der Waals surface area (Å²) in [6.45, 7) is 4.51. The first-order valence-electron chi connectivity index (χ1n) is 8.15. The SMILES string of the molecule is CCN(CC(O)c1ccc(C)cc1)C(=O)NCc1ccc(O)c(F)c1. The van der Waals surface area contributed by atoms with Crippen LogP contribution in [-0.2, 0) is 6.54 Å². The summed E-state index contributed by atoms with van der Waals surface area (Å²) in [5.74, 6) is -1.15. The predicted octanol–water partition coefficient (Wildman–Crippen LogP) is 3.10. The molecule has 2 rings (SSSR count). The van der Waals surface area contributed by atoms with Gasteiger partial charge in [0.1, 0.15) is 0 Å². The van der Waals surface area contributed by atoms with Gasteiger partial charge in [-0.3, -0.25) is 0 Å². The highest BCUT2D eigenvalue weighted by Crippen LogP contribution is 2.17. The van der Waals surface area contributed by atoms with Crippen LogP contribution >= 0.6 is 0 Å². The van der Waals surface area contributed by atoms with Crippen molar-refractivity contribution < 1.29 is 19.4 Å². The molecule has 25 heavy (non-hydrogen) atoms. The summed E-state index contributed by atoms with van der Waals surface area (Å²) in [5.41, 5.74) is 2.39. The number of aliphatic hydroxyl groups excluding tert-OH is 1. The van der Waals surface area contributed by atoms with Crippen LogP contribution in [0.25, 0.3) is 0 Å². The van der Waals surface area contributed by atoms with Crippen LogP contribution in [0.4, 0.5) is 9.18 Å². The summed E-state index contributed by atoms with van der Waals surface area (Å²) in [4.78, 5) is 13.8. The van der Waals surface area contributed by atoms with Crippen LogP contribution in [0.1, 0.15) is 29.7 Å². The van der Waals surface area contributed by atoms with Crippen LogP contribution < -0.4 is 5.32 Å². The number of phenolic OH excluding ortho intramolecular Hbond substituents is 1. The monoisotopic (exact) mass is 346 g/mol. The zero-order valence-corrected chi connectivity index (χ0v) is 14.4. The molecule has 2 aromatic rings. The van der Waals surface area contributed by atoms with Gasteiger partial charge in [-0.15, -0.1) is 0 Å². The highest BCUT2D eigenvalue weighted by atomic mass is 19.1. The number of halogens is 1. The van der Waals surface area contributed by atoms with E-state index in [9.17, 15) is 19.4 Å². The normalized spacial score (nSPS) is 11.8. The molecule has 1 atom stereocenters. The number of likely N-dealkylation sites (N-methyl/N-ethyl adjacent to an activating group) is 1. The number of nitrogens with one attached hydrogen (secondary N) is 1. The molecule has 0 saturated carbocycles. The molecule has 2 aromatic carbocycles. The Morgan fingerprint density at radius 3 is 2.52 bits per heavy atom. The fourth-order valence-corrected chi connectivity index (χ4v) is 2.41. The van der Waals surface area contributed by atoms with Gasteiger partial charge in [0.15, 0.2) is 11.6 Å². The number of hydrogen-bond donors (Lipinski definition) is 3. The van der Waals surface area contributed by atoms with Gasteiger partial charge in [0.2, 0.25) is 0 Å². The molecule has 6 heteroatoms. The number of aromatic hydroxyl groups is 1. The number of urea groups is 1. The van der Waals surface area contributed by atoms with E-state index in [1.807, 2.05) is 38.1 Å². The van der Waals surface area contributed by atoms with Crippen molar-refractivity contribution in [2.75, 3.05) is 13.1 Å². The van der Waals surface area contributed by atoms with Gasteiger partial charge >= 0.3 is 6.03 Å². The van der Waals surface area contributed by atoms with Gasteiger partial charge < -0.3 is 20.4 Å². The number of nitrogens with zero attached hydrogens (tertiary/aromatic N) is 1. The van der Waals surface area contributed by atoms with Gasteiger partial charge in [0.25, 0.3) is 0 Å². The Morgan fingerprint density at radius 2 is 1.92 bits per heavy atom. The summed E-state index contributed by atoms with van der Waals surface area (Å²) < 4.78 is 13.3. The number of carbonyl (C=O) groups excluding carboxylic acids is 1. The largest absolute Gasteiger partial charge is 0.505 e. The minimum absolute atomic E-state index is 0.132. The lowest BCUT2D eigenvalue weighted by atomic mass is 10.1. The second-order valence-corrected chi connectivity index (χ2v) is 5.91. The van der Waals surface area contributed by atoms with Crippen molar-refractivity contribution in [3.63, 3.8) is 0 Å². The lowest BCUT2D eigenvalue weighted by Crippen LogP contribution is -2.41. The Bertz CT molecular complexity index is 719. The number of aliphatic hydroxyl groups is 1. The standard InChI is InChI=1S/C19H23FN2O3/c1-3-22(12-18(24)15-7-4-13(2)5-8-15)19(25)21-11-14-6-9-17(23)16(20)10-14/h4-10,18,23-24H,3,11-12H2,1-2H3,(H,21,25). The van der Waals surface area contributed by atoms with E-state index < -0.39 is 17.7 Å². The fraction of sp³-hybridized carbons (Fsp3) is 0.316.